The van der Waals surface area contributed by atoms with E-state index in [0.29, 0.717) is 5.92 Å². The average molecular weight is 322 g/mol. The van der Waals surface area contributed by atoms with E-state index in [-0.39, 0.29) is 0 Å². The predicted molar refractivity (Wildman–Crippen MR) is 82.5 cm³/mol. The molecule has 1 N–H and O–H groups in total. The van der Waals surface area contributed by atoms with E-state index in [9.17, 15) is 0 Å². The number of benzene rings is 1. The van der Waals surface area contributed by atoms with Crippen LogP contribution in [0, 0.1) is 12.8 Å². The Morgan fingerprint density at radius 1 is 1.37 bits per heavy atom. The second kappa shape index (κ2) is 6.35. The maximum Gasteiger partial charge on any atom is 0.0660 e. The minimum absolute atomic E-state index is 0.667. The van der Waals surface area contributed by atoms with Crippen LogP contribution in [0.4, 0.5) is 0 Å². The Morgan fingerprint density at radius 3 is 2.84 bits per heavy atom. The molecule has 3 nitrogen and oxygen atoms in total. The summed E-state index contributed by atoms with van der Waals surface area (Å²) in [5.74, 6) is 0.667. The molecule has 1 heterocycles. The topological polar surface area (TPSA) is 29.9 Å². The van der Waals surface area contributed by atoms with Crippen LogP contribution in [0.2, 0.25) is 0 Å². The summed E-state index contributed by atoms with van der Waals surface area (Å²) >= 11 is 3.50. The van der Waals surface area contributed by atoms with Gasteiger partial charge in [0, 0.05) is 22.3 Å². The largest absolute Gasteiger partial charge is 0.312 e. The lowest BCUT2D eigenvalue weighted by molar-refractivity contribution is 0.551. The first-order valence-electron chi connectivity index (χ1n) is 6.58. The van der Waals surface area contributed by atoms with Crippen LogP contribution in [0.1, 0.15) is 25.1 Å². The Balaban J connectivity index is 2.14. The summed E-state index contributed by atoms with van der Waals surface area (Å²) in [5.41, 5.74) is 3.52. The van der Waals surface area contributed by atoms with E-state index in [4.69, 9.17) is 0 Å². The SMILES string of the molecule is Cc1c(CNCC(C)C)cnn1-c1cccc(Br)c1. The molecule has 1 aromatic heterocycles. The van der Waals surface area contributed by atoms with Gasteiger partial charge in [0.25, 0.3) is 0 Å². The van der Waals surface area contributed by atoms with Crippen molar-refractivity contribution in [1.82, 2.24) is 15.1 Å². The van der Waals surface area contributed by atoms with Crippen LogP contribution in [0.3, 0.4) is 0 Å². The summed E-state index contributed by atoms with van der Waals surface area (Å²) in [6, 6.07) is 8.19. The van der Waals surface area contributed by atoms with Gasteiger partial charge >= 0.3 is 0 Å². The quantitative estimate of drug-likeness (QED) is 0.910. The standard InChI is InChI=1S/C15H20BrN3/c1-11(2)8-17-9-13-10-18-19(12(13)3)15-6-4-5-14(16)7-15/h4-7,10-11,17H,8-9H2,1-3H3. The number of nitrogens with one attached hydrogen (secondary N) is 1. The van der Waals surface area contributed by atoms with Crippen molar-refractivity contribution >= 4 is 15.9 Å². The van der Waals surface area contributed by atoms with E-state index < -0.39 is 0 Å². The lowest BCUT2D eigenvalue weighted by atomic mass is 10.2. The molecule has 4 heteroatoms. The van der Waals surface area contributed by atoms with Crippen LogP contribution in [0.25, 0.3) is 5.69 Å². The Labute approximate surface area is 123 Å². The van der Waals surface area contributed by atoms with Crippen molar-refractivity contribution in [3.8, 4) is 5.69 Å². The van der Waals surface area contributed by atoms with Crippen molar-refractivity contribution < 1.29 is 0 Å². The van der Waals surface area contributed by atoms with Gasteiger partial charge in [0.2, 0.25) is 0 Å². The van der Waals surface area contributed by atoms with Gasteiger partial charge < -0.3 is 5.32 Å². The van der Waals surface area contributed by atoms with E-state index in [1.54, 1.807) is 0 Å². The fourth-order valence-corrected chi connectivity index (χ4v) is 2.37. The van der Waals surface area contributed by atoms with Crippen molar-refractivity contribution in [3.63, 3.8) is 0 Å². The molecule has 0 aliphatic rings. The van der Waals surface area contributed by atoms with Gasteiger partial charge in [-0.25, -0.2) is 4.68 Å². The average Bonchev–Trinajstić information content (AvgIpc) is 2.71. The number of hydrogen-bond donors (Lipinski definition) is 1. The molecule has 0 aliphatic heterocycles. The number of aromatic nitrogens is 2. The lowest BCUT2D eigenvalue weighted by Gasteiger charge is -2.08. The number of rotatable bonds is 5. The Morgan fingerprint density at radius 2 is 2.16 bits per heavy atom. The third kappa shape index (κ3) is 3.67. The fraction of sp³-hybridized carbons (Fsp3) is 0.400. The summed E-state index contributed by atoms with van der Waals surface area (Å²) in [6.45, 7) is 8.44. The summed E-state index contributed by atoms with van der Waals surface area (Å²) < 4.78 is 3.05. The Hall–Kier alpha value is -1.13. The highest BCUT2D eigenvalue weighted by Gasteiger charge is 2.08. The highest BCUT2D eigenvalue weighted by molar-refractivity contribution is 9.10. The van der Waals surface area contributed by atoms with Crippen LogP contribution in [0.5, 0.6) is 0 Å². The lowest BCUT2D eigenvalue weighted by Crippen LogP contribution is -2.19. The zero-order valence-corrected chi connectivity index (χ0v) is 13.2. The van der Waals surface area contributed by atoms with Gasteiger partial charge in [0.1, 0.15) is 0 Å². The smallest absolute Gasteiger partial charge is 0.0660 e. The molecule has 0 bridgehead atoms. The van der Waals surface area contributed by atoms with Gasteiger partial charge in [-0.1, -0.05) is 35.8 Å². The zero-order valence-electron chi connectivity index (χ0n) is 11.7. The van der Waals surface area contributed by atoms with E-state index in [0.717, 1.165) is 23.2 Å². The van der Waals surface area contributed by atoms with Crippen molar-refractivity contribution in [2.45, 2.75) is 27.3 Å². The highest BCUT2D eigenvalue weighted by Crippen LogP contribution is 2.18. The molecular formula is C15H20BrN3. The van der Waals surface area contributed by atoms with Gasteiger partial charge in [-0.05, 0) is 37.6 Å². The first-order valence-corrected chi connectivity index (χ1v) is 7.37. The molecule has 0 atom stereocenters. The summed E-state index contributed by atoms with van der Waals surface area (Å²) in [5, 5.41) is 7.94. The minimum Gasteiger partial charge on any atom is -0.312 e. The summed E-state index contributed by atoms with van der Waals surface area (Å²) in [7, 11) is 0. The van der Waals surface area contributed by atoms with Crippen molar-refractivity contribution in [3.05, 3.63) is 46.2 Å². The van der Waals surface area contributed by atoms with E-state index in [1.807, 2.05) is 23.0 Å². The number of nitrogens with zero attached hydrogens (tertiary/aromatic N) is 2. The molecular weight excluding hydrogens is 302 g/mol. The van der Waals surface area contributed by atoms with E-state index >= 15 is 0 Å². The van der Waals surface area contributed by atoms with Crippen LogP contribution in [-0.4, -0.2) is 16.3 Å². The maximum atomic E-state index is 4.48. The van der Waals surface area contributed by atoms with E-state index in [1.165, 1.54) is 11.3 Å². The highest BCUT2D eigenvalue weighted by atomic mass is 79.9. The second-order valence-electron chi connectivity index (χ2n) is 5.17. The zero-order chi connectivity index (χ0) is 13.8. The fourth-order valence-electron chi connectivity index (χ4n) is 1.98. The summed E-state index contributed by atoms with van der Waals surface area (Å²) in [6.07, 6.45) is 1.95. The first kappa shape index (κ1) is 14.3. The molecule has 0 saturated heterocycles. The first-order chi connectivity index (χ1) is 9.08. The molecule has 0 radical (unpaired) electrons. The van der Waals surface area contributed by atoms with Crippen molar-refractivity contribution in [2.24, 2.45) is 5.92 Å². The van der Waals surface area contributed by atoms with Crippen molar-refractivity contribution in [2.75, 3.05) is 6.54 Å². The monoisotopic (exact) mass is 321 g/mol. The summed E-state index contributed by atoms with van der Waals surface area (Å²) in [4.78, 5) is 0. The number of hydrogen-bond acceptors (Lipinski definition) is 2. The molecule has 0 fully saturated rings. The predicted octanol–water partition coefficient (Wildman–Crippen LogP) is 3.69. The third-order valence-electron chi connectivity index (χ3n) is 3.03. The van der Waals surface area contributed by atoms with E-state index in [2.05, 4.69) is 59.2 Å². The molecule has 0 spiro atoms. The van der Waals surface area contributed by atoms with Gasteiger partial charge in [0.05, 0.1) is 11.9 Å². The molecule has 0 saturated carbocycles. The van der Waals surface area contributed by atoms with Crippen LogP contribution in [0.15, 0.2) is 34.9 Å². The Bertz CT molecular complexity index is 546. The third-order valence-corrected chi connectivity index (χ3v) is 3.53. The molecule has 102 valence electrons. The van der Waals surface area contributed by atoms with Crippen molar-refractivity contribution in [1.29, 1.82) is 0 Å². The second-order valence-corrected chi connectivity index (χ2v) is 6.09. The molecule has 2 rings (SSSR count). The molecule has 2 aromatic rings. The molecule has 19 heavy (non-hydrogen) atoms. The molecule has 0 aliphatic carbocycles. The molecule has 1 aromatic carbocycles. The van der Waals surface area contributed by atoms with Crippen LogP contribution in [-0.2, 0) is 6.54 Å². The Kier molecular flexibility index (Phi) is 4.77. The van der Waals surface area contributed by atoms with Gasteiger partial charge in [0.15, 0.2) is 0 Å². The van der Waals surface area contributed by atoms with Gasteiger partial charge in [-0.2, -0.15) is 5.10 Å². The molecule has 0 amide bonds. The number of halogens is 1. The van der Waals surface area contributed by atoms with Gasteiger partial charge in [-0.3, -0.25) is 0 Å². The van der Waals surface area contributed by atoms with Crippen LogP contribution >= 0.6 is 15.9 Å². The minimum atomic E-state index is 0.667. The maximum absolute atomic E-state index is 4.48. The van der Waals surface area contributed by atoms with Crippen LogP contribution < -0.4 is 5.32 Å². The normalized spacial score (nSPS) is 11.2. The van der Waals surface area contributed by atoms with Gasteiger partial charge in [-0.15, -0.1) is 0 Å². The molecule has 0 unspecified atom stereocenters.